The van der Waals surface area contributed by atoms with Crippen molar-refractivity contribution in [3.63, 3.8) is 0 Å². The first-order chi connectivity index (χ1) is 11.8. The largest absolute Gasteiger partial charge is 0.495 e. The molecule has 0 aliphatic heterocycles. The molecule has 0 saturated carbocycles. The van der Waals surface area contributed by atoms with Crippen LogP contribution in [0.1, 0.15) is 39.7 Å². The number of carbonyl (C=O) groups excluding carboxylic acids is 1. The average molecular weight is 341 g/mol. The third-order valence-electron chi connectivity index (χ3n) is 4.03. The minimum absolute atomic E-state index is 0.0872. The van der Waals surface area contributed by atoms with Gasteiger partial charge in [0.15, 0.2) is 6.10 Å². The van der Waals surface area contributed by atoms with Crippen LogP contribution in [-0.4, -0.2) is 19.1 Å². The number of nitrogens with one attached hydrogen (secondary N) is 1. The minimum atomic E-state index is -0.564. The molecule has 0 spiro atoms. The highest BCUT2D eigenvalue weighted by atomic mass is 16.5. The van der Waals surface area contributed by atoms with Crippen molar-refractivity contribution in [2.45, 2.75) is 45.6 Å². The molecule has 134 valence electrons. The van der Waals surface area contributed by atoms with Crippen molar-refractivity contribution < 1.29 is 14.3 Å². The molecule has 4 nitrogen and oxygen atoms in total. The average Bonchev–Trinajstić information content (AvgIpc) is 2.59. The monoisotopic (exact) mass is 341 g/mol. The Morgan fingerprint density at radius 3 is 2.28 bits per heavy atom. The van der Waals surface area contributed by atoms with Gasteiger partial charge in [-0.15, -0.1) is 0 Å². The van der Waals surface area contributed by atoms with Gasteiger partial charge in [0.2, 0.25) is 0 Å². The number of hydrogen-bond acceptors (Lipinski definition) is 3. The molecule has 2 aromatic carbocycles. The maximum atomic E-state index is 12.6. The normalized spacial score (nSPS) is 12.4. The first kappa shape index (κ1) is 18.8. The van der Waals surface area contributed by atoms with Gasteiger partial charge < -0.3 is 14.8 Å². The van der Waals surface area contributed by atoms with Gasteiger partial charge in [0.05, 0.1) is 12.8 Å². The van der Waals surface area contributed by atoms with Crippen LogP contribution in [0.2, 0.25) is 0 Å². The summed E-state index contributed by atoms with van der Waals surface area (Å²) < 4.78 is 11.2. The van der Waals surface area contributed by atoms with E-state index in [4.69, 9.17) is 9.47 Å². The Balaban J connectivity index is 2.07. The summed E-state index contributed by atoms with van der Waals surface area (Å²) in [7, 11) is 1.58. The summed E-state index contributed by atoms with van der Waals surface area (Å²) in [6.45, 7) is 8.42. The number of amides is 1. The lowest BCUT2D eigenvalue weighted by Crippen LogP contribution is -2.32. The Bertz CT molecular complexity index is 702. The van der Waals surface area contributed by atoms with Gasteiger partial charge in [-0.2, -0.15) is 0 Å². The number of anilines is 1. The highest BCUT2D eigenvalue weighted by Crippen LogP contribution is 2.26. The van der Waals surface area contributed by atoms with Crippen LogP contribution in [0.4, 0.5) is 5.69 Å². The molecular formula is C21H27NO3. The van der Waals surface area contributed by atoms with E-state index >= 15 is 0 Å². The van der Waals surface area contributed by atoms with Gasteiger partial charge >= 0.3 is 0 Å². The van der Waals surface area contributed by atoms with Gasteiger partial charge in [-0.05, 0) is 41.7 Å². The van der Waals surface area contributed by atoms with Gasteiger partial charge in [0, 0.05) is 0 Å². The maximum absolute atomic E-state index is 12.6. The van der Waals surface area contributed by atoms with E-state index in [1.165, 1.54) is 5.56 Å². The van der Waals surface area contributed by atoms with Crippen LogP contribution in [0.15, 0.2) is 48.5 Å². The van der Waals surface area contributed by atoms with E-state index < -0.39 is 6.10 Å². The first-order valence-corrected chi connectivity index (χ1v) is 8.56. The number of para-hydroxylation sites is 2. The summed E-state index contributed by atoms with van der Waals surface area (Å²) in [6.07, 6.45) is 0.00699. The van der Waals surface area contributed by atoms with Crippen LogP contribution >= 0.6 is 0 Å². The van der Waals surface area contributed by atoms with E-state index in [1.807, 2.05) is 55.5 Å². The van der Waals surface area contributed by atoms with Crippen LogP contribution in [0.25, 0.3) is 0 Å². The van der Waals surface area contributed by atoms with E-state index in [1.54, 1.807) is 7.11 Å². The van der Waals surface area contributed by atoms with Crippen LogP contribution in [-0.2, 0) is 10.2 Å². The molecule has 0 heterocycles. The Kier molecular flexibility index (Phi) is 6.07. The summed E-state index contributed by atoms with van der Waals surface area (Å²) in [4.78, 5) is 12.6. The van der Waals surface area contributed by atoms with E-state index in [0.717, 1.165) is 0 Å². The Morgan fingerprint density at radius 2 is 1.72 bits per heavy atom. The van der Waals surface area contributed by atoms with Crippen molar-refractivity contribution in [1.82, 2.24) is 0 Å². The molecular weight excluding hydrogens is 314 g/mol. The van der Waals surface area contributed by atoms with Crippen molar-refractivity contribution in [2.24, 2.45) is 0 Å². The van der Waals surface area contributed by atoms with Gasteiger partial charge in [-0.3, -0.25) is 4.79 Å². The summed E-state index contributed by atoms with van der Waals surface area (Å²) in [6, 6.07) is 15.2. The second-order valence-electron chi connectivity index (χ2n) is 6.98. The van der Waals surface area contributed by atoms with Crippen LogP contribution in [0.3, 0.4) is 0 Å². The molecule has 0 aromatic heterocycles. The standard InChI is InChI=1S/C21H27NO3/c1-6-18(20(23)22-17-9-7-8-10-19(17)24-5)25-16-13-11-15(12-14-16)21(2,3)4/h7-14,18H,6H2,1-5H3,(H,22,23)/t18-/m0/s1. The quantitative estimate of drug-likeness (QED) is 0.822. The molecule has 1 N–H and O–H groups in total. The highest BCUT2D eigenvalue weighted by Gasteiger charge is 2.20. The topological polar surface area (TPSA) is 47.6 Å². The van der Waals surface area contributed by atoms with Crippen molar-refractivity contribution in [3.8, 4) is 11.5 Å². The molecule has 0 bridgehead atoms. The van der Waals surface area contributed by atoms with Gasteiger partial charge in [-0.25, -0.2) is 0 Å². The maximum Gasteiger partial charge on any atom is 0.265 e. The Labute approximate surface area is 150 Å². The van der Waals surface area contributed by atoms with Gasteiger partial charge in [0.25, 0.3) is 5.91 Å². The van der Waals surface area contributed by atoms with E-state index in [-0.39, 0.29) is 11.3 Å². The number of rotatable bonds is 6. The number of carbonyl (C=O) groups is 1. The molecule has 25 heavy (non-hydrogen) atoms. The Hall–Kier alpha value is -2.49. The van der Waals surface area contributed by atoms with Gasteiger partial charge in [-0.1, -0.05) is 52.0 Å². The Morgan fingerprint density at radius 1 is 1.08 bits per heavy atom. The third kappa shape index (κ3) is 4.99. The molecule has 0 fully saturated rings. The molecule has 0 radical (unpaired) electrons. The zero-order valence-electron chi connectivity index (χ0n) is 15.6. The second-order valence-corrected chi connectivity index (χ2v) is 6.98. The lowest BCUT2D eigenvalue weighted by atomic mass is 9.87. The second kappa shape index (κ2) is 8.06. The molecule has 0 aliphatic carbocycles. The van der Waals surface area contributed by atoms with Gasteiger partial charge in [0.1, 0.15) is 11.5 Å². The van der Waals surface area contributed by atoms with Crippen molar-refractivity contribution in [1.29, 1.82) is 0 Å². The number of ether oxygens (including phenoxy) is 2. The van der Waals surface area contributed by atoms with Crippen molar-refractivity contribution in [3.05, 3.63) is 54.1 Å². The predicted octanol–water partition coefficient (Wildman–Crippen LogP) is 4.79. The fourth-order valence-electron chi connectivity index (χ4n) is 2.48. The molecule has 0 unspecified atom stereocenters. The summed E-state index contributed by atoms with van der Waals surface area (Å²) in [5.41, 5.74) is 1.95. The zero-order valence-corrected chi connectivity index (χ0v) is 15.6. The molecule has 2 rings (SSSR count). The highest BCUT2D eigenvalue weighted by molar-refractivity contribution is 5.95. The lowest BCUT2D eigenvalue weighted by Gasteiger charge is -2.21. The smallest absolute Gasteiger partial charge is 0.265 e. The zero-order chi connectivity index (χ0) is 18.4. The number of methoxy groups -OCH3 is 1. The van der Waals surface area contributed by atoms with Crippen LogP contribution in [0.5, 0.6) is 11.5 Å². The fraction of sp³-hybridized carbons (Fsp3) is 0.381. The SMILES string of the molecule is CC[C@H](Oc1ccc(C(C)(C)C)cc1)C(=O)Nc1ccccc1OC. The molecule has 0 saturated heterocycles. The van der Waals surface area contributed by atoms with E-state index in [9.17, 15) is 4.79 Å². The number of hydrogen-bond donors (Lipinski definition) is 1. The van der Waals surface area contributed by atoms with Crippen molar-refractivity contribution in [2.75, 3.05) is 12.4 Å². The van der Waals surface area contributed by atoms with Crippen LogP contribution < -0.4 is 14.8 Å². The fourth-order valence-corrected chi connectivity index (χ4v) is 2.48. The van der Waals surface area contributed by atoms with E-state index in [0.29, 0.717) is 23.6 Å². The summed E-state index contributed by atoms with van der Waals surface area (Å²) >= 11 is 0. The van der Waals surface area contributed by atoms with Crippen molar-refractivity contribution >= 4 is 11.6 Å². The molecule has 0 aliphatic rings. The predicted molar refractivity (Wildman–Crippen MR) is 101 cm³/mol. The summed E-state index contributed by atoms with van der Waals surface area (Å²) in [5, 5.41) is 2.88. The van der Waals surface area contributed by atoms with E-state index in [2.05, 4.69) is 26.1 Å². The molecule has 2 aromatic rings. The molecule has 4 heteroatoms. The third-order valence-corrected chi connectivity index (χ3v) is 4.03. The summed E-state index contributed by atoms with van der Waals surface area (Å²) in [5.74, 6) is 1.13. The first-order valence-electron chi connectivity index (χ1n) is 8.56. The number of benzene rings is 2. The van der Waals surface area contributed by atoms with Crippen LogP contribution in [0, 0.1) is 0 Å². The minimum Gasteiger partial charge on any atom is -0.495 e. The lowest BCUT2D eigenvalue weighted by molar-refractivity contribution is -0.122. The molecule has 1 atom stereocenters. The molecule has 1 amide bonds.